The number of fused-ring (bicyclic) bond motifs is 2. The molecule has 0 aliphatic carbocycles. The van der Waals surface area contributed by atoms with E-state index in [0.29, 0.717) is 0 Å². The van der Waals surface area contributed by atoms with Gasteiger partial charge in [-0.25, -0.2) is 0 Å². The number of hydrogen-bond donors (Lipinski definition) is 0. The monoisotopic (exact) mass is 569 g/mol. The summed E-state index contributed by atoms with van der Waals surface area (Å²) in [6, 6.07) is 11.0. The second-order valence-electron chi connectivity index (χ2n) is 10.1. The fraction of sp³-hybridized carbons (Fsp3) is 0.323. The van der Waals surface area contributed by atoms with E-state index in [4.69, 9.17) is 6.85 Å². The first kappa shape index (κ1) is 19.9. The highest BCUT2D eigenvalue weighted by Gasteiger charge is 2.42. The van der Waals surface area contributed by atoms with Crippen molar-refractivity contribution < 1.29 is 35.4 Å². The average molecular weight is 570 g/mol. The van der Waals surface area contributed by atoms with Crippen molar-refractivity contribution in [3.05, 3.63) is 107 Å². The predicted molar refractivity (Wildman–Crippen MR) is 143 cm³/mol. The standard InChI is InChI=1S/C31H37N2.HI/c1-22-16-18-26-24(20-22)30(3,4)28(32(26)7)14-12-10-9-11-13-15-29-31(5,6)25-21-23(2)17-19-27(25)33(29)8;/h9-21H,1-8H3;1H/q+1;/p-1/i9D,10D,11D,12D,13D;. The SMILES string of the molecule is [2H]C(=CC1=[N+](C)c2ccc(C)cc2C1(C)C)C([2H])=C([2H])C([2H])=C([2H])C=C1N(C)c2ccc(C)cc2C1(C)C.[I-]. The minimum atomic E-state index is -0.438. The Morgan fingerprint density at radius 1 is 0.824 bits per heavy atom. The molecule has 2 aliphatic heterocycles. The molecule has 0 saturated heterocycles. The van der Waals surface area contributed by atoms with Crippen LogP contribution in [0.25, 0.3) is 0 Å². The smallest absolute Gasteiger partial charge is 0.209 e. The Kier molecular flexibility index (Phi) is 5.66. The predicted octanol–water partition coefficient (Wildman–Crippen LogP) is 4.29. The van der Waals surface area contributed by atoms with Gasteiger partial charge in [-0.05, 0) is 51.5 Å². The van der Waals surface area contributed by atoms with E-state index in [1.165, 1.54) is 0 Å². The molecule has 2 heterocycles. The van der Waals surface area contributed by atoms with Gasteiger partial charge in [0.05, 0.1) is 12.3 Å². The first-order valence-corrected chi connectivity index (χ1v) is 11.4. The number of rotatable bonds is 4. The second kappa shape index (κ2) is 9.69. The highest BCUT2D eigenvalue weighted by Crippen LogP contribution is 2.47. The molecule has 2 aliphatic rings. The van der Waals surface area contributed by atoms with Gasteiger partial charge in [0.15, 0.2) is 5.71 Å². The third kappa shape index (κ3) is 4.47. The van der Waals surface area contributed by atoms with Crippen LogP contribution >= 0.6 is 0 Å². The maximum atomic E-state index is 8.61. The zero-order valence-corrected chi connectivity index (χ0v) is 23.5. The molecule has 2 nitrogen and oxygen atoms in total. The lowest BCUT2D eigenvalue weighted by Gasteiger charge is -2.23. The molecular weight excluding hydrogens is 527 g/mol. The fourth-order valence-corrected chi connectivity index (χ4v) is 5.13. The van der Waals surface area contributed by atoms with Gasteiger partial charge in [0.2, 0.25) is 5.69 Å². The third-order valence-corrected chi connectivity index (χ3v) is 7.06. The Labute approximate surface area is 230 Å². The number of allylic oxidation sites excluding steroid dienone is 8. The van der Waals surface area contributed by atoms with Gasteiger partial charge in [-0.3, -0.25) is 0 Å². The average Bonchev–Trinajstić information content (AvgIpc) is 3.16. The quantitative estimate of drug-likeness (QED) is 0.303. The number of likely N-dealkylation sites (N-methyl/N-ethyl adjacent to an activating group) is 1. The highest BCUT2D eigenvalue weighted by atomic mass is 127. The summed E-state index contributed by atoms with van der Waals surface area (Å²) in [5.74, 6) is 0. The van der Waals surface area contributed by atoms with E-state index in [2.05, 4.69) is 77.9 Å². The summed E-state index contributed by atoms with van der Waals surface area (Å²) in [7, 11) is 3.89. The van der Waals surface area contributed by atoms with Crippen LogP contribution in [0.3, 0.4) is 0 Å². The molecule has 0 radical (unpaired) electrons. The molecule has 0 saturated carbocycles. The molecule has 0 bridgehead atoms. The lowest BCUT2D eigenvalue weighted by atomic mass is 9.81. The Bertz CT molecular complexity index is 1510. The fourth-order valence-electron chi connectivity index (χ4n) is 5.13. The van der Waals surface area contributed by atoms with Crippen molar-refractivity contribution >= 4 is 17.1 Å². The molecule has 178 valence electrons. The Morgan fingerprint density at radius 3 is 2.12 bits per heavy atom. The minimum absolute atomic E-state index is 0. The molecule has 2 aromatic carbocycles. The largest absolute Gasteiger partial charge is 1.00 e. The highest BCUT2D eigenvalue weighted by molar-refractivity contribution is 6.03. The second-order valence-corrected chi connectivity index (χ2v) is 10.1. The lowest BCUT2D eigenvalue weighted by Crippen LogP contribution is -3.00. The number of anilines is 1. The summed E-state index contributed by atoms with van der Waals surface area (Å²) >= 11 is 0. The molecule has 3 heteroatoms. The van der Waals surface area contributed by atoms with E-state index in [0.717, 1.165) is 45.0 Å². The van der Waals surface area contributed by atoms with Crippen molar-refractivity contribution in [1.29, 1.82) is 0 Å². The topological polar surface area (TPSA) is 6.25 Å². The molecule has 0 atom stereocenters. The molecule has 4 rings (SSSR count). The molecule has 2 aromatic rings. The maximum absolute atomic E-state index is 8.61. The lowest BCUT2D eigenvalue weighted by molar-refractivity contribution is -0.401. The maximum Gasteiger partial charge on any atom is 0.209 e. The van der Waals surface area contributed by atoms with Crippen LogP contribution in [-0.2, 0) is 10.8 Å². The van der Waals surface area contributed by atoms with Crippen molar-refractivity contribution in [2.45, 2.75) is 52.4 Å². The molecule has 34 heavy (non-hydrogen) atoms. The van der Waals surface area contributed by atoms with Gasteiger partial charge in [-0.1, -0.05) is 73.4 Å². The van der Waals surface area contributed by atoms with Crippen LogP contribution in [0.15, 0.2) is 84.5 Å². The van der Waals surface area contributed by atoms with Crippen molar-refractivity contribution in [3.63, 3.8) is 0 Å². The van der Waals surface area contributed by atoms with Gasteiger partial charge >= 0.3 is 0 Å². The summed E-state index contributed by atoms with van der Waals surface area (Å²) in [6.07, 6.45) is 3.24. The summed E-state index contributed by atoms with van der Waals surface area (Å²) in [5, 5.41) is 0. The molecule has 0 N–H and O–H groups in total. The van der Waals surface area contributed by atoms with Crippen molar-refractivity contribution in [3.8, 4) is 0 Å². The van der Waals surface area contributed by atoms with Crippen LogP contribution in [0.5, 0.6) is 0 Å². The van der Waals surface area contributed by atoms with Crippen LogP contribution in [0, 0.1) is 13.8 Å². The number of benzene rings is 2. The first-order valence-electron chi connectivity index (χ1n) is 13.9. The van der Waals surface area contributed by atoms with E-state index in [1.807, 2.05) is 23.6 Å². The van der Waals surface area contributed by atoms with Gasteiger partial charge in [-0.15, -0.1) is 0 Å². The van der Waals surface area contributed by atoms with Crippen molar-refractivity contribution in [2.75, 3.05) is 19.0 Å². The molecule has 0 aromatic heterocycles. The van der Waals surface area contributed by atoms with E-state index < -0.39 is 6.05 Å². The molecular formula is C31H37IN2. The number of aryl methyl sites for hydroxylation is 2. The summed E-state index contributed by atoms with van der Waals surface area (Å²) in [5.41, 5.74) is 7.70. The molecule has 0 spiro atoms. The molecule has 0 fully saturated rings. The van der Waals surface area contributed by atoms with Crippen LogP contribution in [-0.4, -0.2) is 24.4 Å². The number of hydrogen-bond acceptors (Lipinski definition) is 1. The summed E-state index contributed by atoms with van der Waals surface area (Å²) < 4.78 is 44.8. The van der Waals surface area contributed by atoms with Gasteiger partial charge in [0, 0.05) is 41.6 Å². The van der Waals surface area contributed by atoms with E-state index in [-0.39, 0.29) is 59.0 Å². The number of halogens is 1. The van der Waals surface area contributed by atoms with Gasteiger partial charge < -0.3 is 28.9 Å². The van der Waals surface area contributed by atoms with Crippen molar-refractivity contribution in [2.24, 2.45) is 0 Å². The Balaban J connectivity index is 0.00000420. The van der Waals surface area contributed by atoms with Gasteiger partial charge in [0.25, 0.3) is 0 Å². The van der Waals surface area contributed by atoms with E-state index in [9.17, 15) is 0 Å². The van der Waals surface area contributed by atoms with Crippen LogP contribution < -0.4 is 28.9 Å². The molecule has 0 unspecified atom stereocenters. The Hall–Kier alpha value is -2.40. The third-order valence-electron chi connectivity index (χ3n) is 7.06. The Morgan fingerprint density at radius 2 is 1.41 bits per heavy atom. The van der Waals surface area contributed by atoms with Crippen LogP contribution in [0.4, 0.5) is 11.4 Å². The minimum Gasteiger partial charge on any atom is -1.00 e. The summed E-state index contributed by atoms with van der Waals surface area (Å²) in [6.45, 7) is 12.5. The van der Waals surface area contributed by atoms with E-state index in [1.54, 1.807) is 12.2 Å². The van der Waals surface area contributed by atoms with Gasteiger partial charge in [0.1, 0.15) is 7.05 Å². The van der Waals surface area contributed by atoms with E-state index >= 15 is 0 Å². The first-order chi connectivity index (χ1) is 17.6. The van der Waals surface area contributed by atoms with Crippen molar-refractivity contribution in [1.82, 2.24) is 0 Å². The molecule has 0 amide bonds. The van der Waals surface area contributed by atoms with Gasteiger partial charge in [-0.2, -0.15) is 4.58 Å². The number of nitrogens with zero attached hydrogens (tertiary/aromatic N) is 2. The van der Waals surface area contributed by atoms with Crippen LogP contribution in [0.2, 0.25) is 0 Å². The normalized spacial score (nSPS) is 23.1. The zero-order chi connectivity index (χ0) is 28.3. The van der Waals surface area contributed by atoms with Crippen LogP contribution in [0.1, 0.15) is 56.8 Å². The summed E-state index contributed by atoms with van der Waals surface area (Å²) in [4.78, 5) is 2.02. The zero-order valence-electron chi connectivity index (χ0n) is 26.4.